The highest BCUT2D eigenvalue weighted by molar-refractivity contribution is 6.30. The average Bonchev–Trinajstić information content (AvgIpc) is 1.85. The highest BCUT2D eigenvalue weighted by Crippen LogP contribution is 2.08. The van der Waals surface area contributed by atoms with Crippen molar-refractivity contribution >= 4 is 11.6 Å². The first kappa shape index (κ1) is 8.50. The minimum absolute atomic E-state index is 0.140. The molecule has 0 saturated heterocycles. The highest BCUT2D eigenvalue weighted by atomic mass is 35.5. The van der Waals surface area contributed by atoms with E-state index in [1.807, 2.05) is 13.0 Å². The third-order valence-electron chi connectivity index (χ3n) is 1.31. The Hall–Kier alpha value is -0.600. The quantitative estimate of drug-likeness (QED) is 0.733. The van der Waals surface area contributed by atoms with Gasteiger partial charge in [0.05, 0.1) is 0 Å². The molecule has 1 aromatic heterocycles. The van der Waals surface area contributed by atoms with E-state index in [0.717, 1.165) is 17.1 Å². The van der Waals surface area contributed by atoms with E-state index < -0.39 is 0 Å². The molecule has 0 aromatic carbocycles. The van der Waals surface area contributed by atoms with Gasteiger partial charge < -0.3 is 5.73 Å². The van der Waals surface area contributed by atoms with Crippen molar-refractivity contribution in [1.82, 2.24) is 4.98 Å². The molecule has 0 spiro atoms. The summed E-state index contributed by atoms with van der Waals surface area (Å²) in [7, 11) is 0. The Bertz CT molecular complexity index is 235. The second-order valence-corrected chi connectivity index (χ2v) is 3.08. The van der Waals surface area contributed by atoms with E-state index in [1.165, 1.54) is 0 Å². The average molecular weight is 171 g/mol. The molecule has 2 nitrogen and oxygen atoms in total. The molecule has 0 amide bonds. The third-order valence-corrected chi connectivity index (χ3v) is 1.54. The highest BCUT2D eigenvalue weighted by Gasteiger charge is 1.98. The van der Waals surface area contributed by atoms with Gasteiger partial charge in [0.2, 0.25) is 0 Å². The summed E-state index contributed by atoms with van der Waals surface area (Å²) in [5.74, 6) is 0. The molecular formula is C8H11ClN2. The Morgan fingerprint density at radius 1 is 1.73 bits per heavy atom. The number of halogens is 1. The van der Waals surface area contributed by atoms with Gasteiger partial charge in [0.1, 0.15) is 0 Å². The number of pyridine rings is 1. The van der Waals surface area contributed by atoms with Crippen molar-refractivity contribution in [3.8, 4) is 0 Å². The summed E-state index contributed by atoms with van der Waals surface area (Å²) in [6, 6.07) is 3.73. The molecule has 1 aromatic rings. The van der Waals surface area contributed by atoms with E-state index in [2.05, 4.69) is 4.98 Å². The molecule has 0 radical (unpaired) electrons. The summed E-state index contributed by atoms with van der Waals surface area (Å²) >= 11 is 5.75. The van der Waals surface area contributed by atoms with E-state index in [0.29, 0.717) is 0 Å². The van der Waals surface area contributed by atoms with Crippen LogP contribution >= 0.6 is 11.6 Å². The van der Waals surface area contributed by atoms with Crippen LogP contribution in [0.15, 0.2) is 18.3 Å². The number of hydrogen-bond donors (Lipinski definition) is 1. The van der Waals surface area contributed by atoms with Crippen LogP contribution in [0.4, 0.5) is 0 Å². The normalized spacial score (nSPS) is 13.0. The van der Waals surface area contributed by atoms with E-state index in [1.54, 1.807) is 12.3 Å². The van der Waals surface area contributed by atoms with Crippen molar-refractivity contribution in [3.63, 3.8) is 0 Å². The zero-order chi connectivity index (χ0) is 8.27. The molecule has 60 valence electrons. The second-order valence-electron chi connectivity index (χ2n) is 2.65. The Morgan fingerprint density at radius 2 is 2.45 bits per heavy atom. The van der Waals surface area contributed by atoms with Crippen molar-refractivity contribution in [2.45, 2.75) is 19.4 Å². The zero-order valence-electron chi connectivity index (χ0n) is 6.42. The predicted octanol–water partition coefficient (Wildman–Crippen LogP) is 1.62. The minimum atomic E-state index is 0.140. The van der Waals surface area contributed by atoms with Crippen LogP contribution in [0.25, 0.3) is 0 Å². The summed E-state index contributed by atoms with van der Waals surface area (Å²) in [6.07, 6.45) is 2.47. The molecule has 0 bridgehead atoms. The Labute approximate surface area is 71.4 Å². The maximum Gasteiger partial charge on any atom is 0.0439 e. The first-order valence-electron chi connectivity index (χ1n) is 3.54. The fraction of sp³-hybridized carbons (Fsp3) is 0.375. The van der Waals surface area contributed by atoms with Gasteiger partial charge in [0, 0.05) is 29.4 Å². The Kier molecular flexibility index (Phi) is 2.85. The molecule has 0 aliphatic rings. The smallest absolute Gasteiger partial charge is 0.0439 e. The molecule has 1 rings (SSSR count). The number of rotatable bonds is 2. The van der Waals surface area contributed by atoms with Crippen LogP contribution in [0.5, 0.6) is 0 Å². The van der Waals surface area contributed by atoms with Gasteiger partial charge in [-0.3, -0.25) is 4.98 Å². The fourth-order valence-corrected chi connectivity index (χ4v) is 1.07. The maximum absolute atomic E-state index is 5.75. The lowest BCUT2D eigenvalue weighted by Crippen LogP contribution is -2.18. The zero-order valence-corrected chi connectivity index (χ0v) is 7.17. The Balaban J connectivity index is 2.71. The van der Waals surface area contributed by atoms with Crippen LogP contribution in [-0.4, -0.2) is 11.0 Å². The van der Waals surface area contributed by atoms with Gasteiger partial charge in [-0.15, -0.1) is 0 Å². The van der Waals surface area contributed by atoms with Crippen LogP contribution < -0.4 is 5.73 Å². The molecule has 1 unspecified atom stereocenters. The second kappa shape index (κ2) is 3.69. The molecule has 1 heterocycles. The van der Waals surface area contributed by atoms with Crippen molar-refractivity contribution < 1.29 is 0 Å². The van der Waals surface area contributed by atoms with Crippen LogP contribution in [0.1, 0.15) is 12.6 Å². The van der Waals surface area contributed by atoms with Gasteiger partial charge in [-0.05, 0) is 19.1 Å². The molecule has 1 atom stereocenters. The molecular weight excluding hydrogens is 160 g/mol. The largest absolute Gasteiger partial charge is 0.328 e. The summed E-state index contributed by atoms with van der Waals surface area (Å²) < 4.78 is 0. The SMILES string of the molecule is CC(N)Cc1cc(Cl)ccn1. The Morgan fingerprint density at radius 3 is 3.00 bits per heavy atom. The van der Waals surface area contributed by atoms with Crippen LogP contribution in [0.2, 0.25) is 5.02 Å². The van der Waals surface area contributed by atoms with Crippen molar-refractivity contribution in [3.05, 3.63) is 29.0 Å². The predicted molar refractivity (Wildman–Crippen MR) is 46.6 cm³/mol. The standard InChI is InChI=1S/C8H11ClN2/c1-6(10)4-8-5-7(9)2-3-11-8/h2-3,5-6H,4,10H2,1H3. The molecule has 3 heteroatoms. The van der Waals surface area contributed by atoms with E-state index in [9.17, 15) is 0 Å². The van der Waals surface area contributed by atoms with Crippen molar-refractivity contribution in [2.75, 3.05) is 0 Å². The molecule has 0 fully saturated rings. The van der Waals surface area contributed by atoms with E-state index >= 15 is 0 Å². The topological polar surface area (TPSA) is 38.9 Å². The number of aromatic nitrogens is 1. The lowest BCUT2D eigenvalue weighted by atomic mass is 10.2. The molecule has 11 heavy (non-hydrogen) atoms. The van der Waals surface area contributed by atoms with Crippen molar-refractivity contribution in [1.29, 1.82) is 0 Å². The molecule has 0 saturated carbocycles. The third kappa shape index (κ3) is 2.87. The molecule has 0 aliphatic heterocycles. The van der Waals surface area contributed by atoms with Gasteiger partial charge in [-0.25, -0.2) is 0 Å². The monoisotopic (exact) mass is 170 g/mol. The summed E-state index contributed by atoms with van der Waals surface area (Å²) in [6.45, 7) is 1.95. The first-order chi connectivity index (χ1) is 5.18. The van der Waals surface area contributed by atoms with Crippen LogP contribution in [-0.2, 0) is 6.42 Å². The van der Waals surface area contributed by atoms with E-state index in [4.69, 9.17) is 17.3 Å². The maximum atomic E-state index is 5.75. The minimum Gasteiger partial charge on any atom is -0.328 e. The van der Waals surface area contributed by atoms with Gasteiger partial charge in [0.15, 0.2) is 0 Å². The number of hydrogen-bond acceptors (Lipinski definition) is 2. The van der Waals surface area contributed by atoms with Gasteiger partial charge in [0.25, 0.3) is 0 Å². The van der Waals surface area contributed by atoms with Gasteiger partial charge in [-0.2, -0.15) is 0 Å². The fourth-order valence-electron chi connectivity index (χ4n) is 0.890. The van der Waals surface area contributed by atoms with Gasteiger partial charge in [-0.1, -0.05) is 11.6 Å². The molecule has 2 N–H and O–H groups in total. The number of nitrogens with two attached hydrogens (primary N) is 1. The van der Waals surface area contributed by atoms with Crippen LogP contribution in [0, 0.1) is 0 Å². The van der Waals surface area contributed by atoms with Crippen molar-refractivity contribution in [2.24, 2.45) is 5.73 Å². The summed E-state index contributed by atoms with van der Waals surface area (Å²) in [4.78, 5) is 4.12. The first-order valence-corrected chi connectivity index (χ1v) is 3.92. The number of nitrogens with zero attached hydrogens (tertiary/aromatic N) is 1. The molecule has 0 aliphatic carbocycles. The summed E-state index contributed by atoms with van der Waals surface area (Å²) in [5, 5.41) is 0.718. The van der Waals surface area contributed by atoms with Gasteiger partial charge >= 0.3 is 0 Å². The lowest BCUT2D eigenvalue weighted by molar-refractivity contribution is 0.722. The van der Waals surface area contributed by atoms with Crippen LogP contribution in [0.3, 0.4) is 0 Å². The summed E-state index contributed by atoms with van der Waals surface area (Å²) in [5.41, 5.74) is 6.54. The lowest BCUT2D eigenvalue weighted by Gasteiger charge is -2.03. The van der Waals surface area contributed by atoms with E-state index in [-0.39, 0.29) is 6.04 Å².